The lowest BCUT2D eigenvalue weighted by Gasteiger charge is -2.07. The van der Waals surface area contributed by atoms with Crippen LogP contribution in [0.5, 0.6) is 11.5 Å². The van der Waals surface area contributed by atoms with Gasteiger partial charge in [0, 0.05) is 11.5 Å². The molecule has 0 radical (unpaired) electrons. The number of hydrogen-bond acceptors (Lipinski definition) is 4. The van der Waals surface area contributed by atoms with Gasteiger partial charge in [0.2, 0.25) is 9.84 Å². The van der Waals surface area contributed by atoms with Crippen molar-refractivity contribution in [2.75, 3.05) is 0 Å². The number of fused-ring (bicyclic) bond motifs is 1. The third-order valence-electron chi connectivity index (χ3n) is 3.04. The standard InChI is InChI=1S/C14H10F2N2O3S/c15-14(16)22(19,20)12-5-3-10(4-6-12)21-11-2-1-9-8-17-18-13(9)7-11/h1-8,14H,(H,17,18). The first-order chi connectivity index (χ1) is 10.5. The monoisotopic (exact) mass is 324 g/mol. The number of nitrogens with one attached hydrogen (secondary N) is 1. The molecule has 8 heteroatoms. The van der Waals surface area contributed by atoms with Crippen LogP contribution in [0, 0.1) is 0 Å². The normalized spacial score (nSPS) is 12.0. The molecule has 0 unspecified atom stereocenters. The van der Waals surface area contributed by atoms with Crippen molar-refractivity contribution in [3.8, 4) is 11.5 Å². The predicted octanol–water partition coefficient (Wildman–Crippen LogP) is 3.35. The van der Waals surface area contributed by atoms with Crippen LogP contribution in [-0.2, 0) is 9.84 Å². The van der Waals surface area contributed by atoms with Crippen molar-refractivity contribution >= 4 is 20.7 Å². The van der Waals surface area contributed by atoms with Gasteiger partial charge in [0.25, 0.3) is 0 Å². The van der Waals surface area contributed by atoms with Gasteiger partial charge in [0.1, 0.15) is 11.5 Å². The summed E-state index contributed by atoms with van der Waals surface area (Å²) < 4.78 is 53.1. The van der Waals surface area contributed by atoms with E-state index in [0.29, 0.717) is 11.5 Å². The van der Waals surface area contributed by atoms with E-state index in [1.807, 2.05) is 6.07 Å². The Morgan fingerprint density at radius 2 is 1.73 bits per heavy atom. The van der Waals surface area contributed by atoms with Gasteiger partial charge in [-0.25, -0.2) is 8.42 Å². The van der Waals surface area contributed by atoms with Gasteiger partial charge in [-0.15, -0.1) is 0 Å². The smallest absolute Gasteiger partial charge is 0.341 e. The maximum atomic E-state index is 12.4. The zero-order valence-electron chi connectivity index (χ0n) is 11.0. The Kier molecular flexibility index (Phi) is 3.53. The Labute approximate surface area is 124 Å². The topological polar surface area (TPSA) is 72.1 Å². The summed E-state index contributed by atoms with van der Waals surface area (Å²) >= 11 is 0. The molecule has 0 fully saturated rings. The van der Waals surface area contributed by atoms with Crippen LogP contribution in [0.1, 0.15) is 0 Å². The fourth-order valence-electron chi connectivity index (χ4n) is 1.92. The molecule has 114 valence electrons. The minimum absolute atomic E-state index is 0.340. The molecule has 0 bridgehead atoms. The SMILES string of the molecule is O=S(=O)(c1ccc(Oc2ccc3cn[nH]c3c2)cc1)C(F)F. The Morgan fingerprint density at radius 1 is 1.05 bits per heavy atom. The fraction of sp³-hybridized carbons (Fsp3) is 0.0714. The van der Waals surface area contributed by atoms with E-state index in [2.05, 4.69) is 10.2 Å². The van der Waals surface area contributed by atoms with Crippen LogP contribution in [0.2, 0.25) is 0 Å². The highest BCUT2D eigenvalue weighted by Crippen LogP contribution is 2.26. The minimum Gasteiger partial charge on any atom is -0.457 e. The lowest BCUT2D eigenvalue weighted by atomic mass is 10.2. The number of benzene rings is 2. The third-order valence-corrected chi connectivity index (χ3v) is 4.43. The molecule has 0 aliphatic heterocycles. The van der Waals surface area contributed by atoms with E-state index < -0.39 is 20.5 Å². The molecule has 3 rings (SSSR count). The van der Waals surface area contributed by atoms with Gasteiger partial charge in [-0.1, -0.05) is 0 Å². The highest BCUT2D eigenvalue weighted by atomic mass is 32.2. The van der Waals surface area contributed by atoms with Crippen molar-refractivity contribution in [3.05, 3.63) is 48.7 Å². The predicted molar refractivity (Wildman–Crippen MR) is 75.8 cm³/mol. The lowest BCUT2D eigenvalue weighted by molar-refractivity contribution is 0.234. The molecule has 3 aromatic rings. The van der Waals surface area contributed by atoms with Crippen LogP contribution in [0.3, 0.4) is 0 Å². The van der Waals surface area contributed by atoms with E-state index in [0.717, 1.165) is 23.0 Å². The highest BCUT2D eigenvalue weighted by molar-refractivity contribution is 7.91. The summed E-state index contributed by atoms with van der Waals surface area (Å²) in [5.74, 6) is -2.59. The molecule has 0 amide bonds. The maximum absolute atomic E-state index is 12.4. The average Bonchev–Trinajstić information content (AvgIpc) is 2.95. The molecule has 0 atom stereocenters. The Morgan fingerprint density at radius 3 is 2.41 bits per heavy atom. The number of hydrogen-bond donors (Lipinski definition) is 1. The second-order valence-electron chi connectivity index (χ2n) is 4.50. The number of H-pyrrole nitrogens is 1. The van der Waals surface area contributed by atoms with Gasteiger partial charge in [0.15, 0.2) is 0 Å². The molecule has 1 aromatic heterocycles. The highest BCUT2D eigenvalue weighted by Gasteiger charge is 2.26. The summed E-state index contributed by atoms with van der Waals surface area (Å²) in [5, 5.41) is 7.60. The Balaban J connectivity index is 1.84. The van der Waals surface area contributed by atoms with E-state index in [1.54, 1.807) is 18.3 Å². The molecule has 1 N–H and O–H groups in total. The Bertz CT molecular complexity index is 905. The third kappa shape index (κ3) is 2.64. The van der Waals surface area contributed by atoms with Crippen molar-refractivity contribution in [1.82, 2.24) is 10.2 Å². The van der Waals surface area contributed by atoms with Gasteiger partial charge in [-0.05, 0) is 36.4 Å². The summed E-state index contributed by atoms with van der Waals surface area (Å²) in [4.78, 5) is -0.445. The van der Waals surface area contributed by atoms with Crippen molar-refractivity contribution in [3.63, 3.8) is 0 Å². The number of aromatic nitrogens is 2. The fourth-order valence-corrected chi connectivity index (χ4v) is 2.64. The molecule has 0 aliphatic rings. The number of nitrogens with zero attached hydrogens (tertiary/aromatic N) is 1. The molecular weight excluding hydrogens is 314 g/mol. The van der Waals surface area contributed by atoms with Gasteiger partial charge < -0.3 is 4.74 Å². The number of alkyl halides is 2. The van der Waals surface area contributed by atoms with Gasteiger partial charge >= 0.3 is 5.76 Å². The quantitative estimate of drug-likeness (QED) is 0.799. The van der Waals surface area contributed by atoms with E-state index in [4.69, 9.17) is 4.74 Å². The summed E-state index contributed by atoms with van der Waals surface area (Å²) in [6, 6.07) is 10.1. The molecule has 0 spiro atoms. The zero-order valence-corrected chi connectivity index (χ0v) is 11.8. The van der Waals surface area contributed by atoms with Crippen LogP contribution in [0.15, 0.2) is 53.6 Å². The van der Waals surface area contributed by atoms with Crippen molar-refractivity contribution < 1.29 is 21.9 Å². The molecule has 0 aliphatic carbocycles. The van der Waals surface area contributed by atoms with Crippen LogP contribution in [-0.4, -0.2) is 24.4 Å². The van der Waals surface area contributed by atoms with Crippen molar-refractivity contribution in [1.29, 1.82) is 0 Å². The largest absolute Gasteiger partial charge is 0.457 e. The number of aromatic amines is 1. The first-order valence-corrected chi connectivity index (χ1v) is 7.74. The van der Waals surface area contributed by atoms with Crippen molar-refractivity contribution in [2.45, 2.75) is 10.7 Å². The number of sulfone groups is 1. The number of ether oxygens (including phenoxy) is 1. The summed E-state index contributed by atoms with van der Waals surface area (Å²) in [7, 11) is -4.59. The second kappa shape index (κ2) is 5.38. The summed E-state index contributed by atoms with van der Waals surface area (Å²) in [6.07, 6.45) is 1.67. The maximum Gasteiger partial charge on any atom is 0.341 e. The summed E-state index contributed by atoms with van der Waals surface area (Å²) in [6.45, 7) is 0. The van der Waals surface area contributed by atoms with Crippen LogP contribution < -0.4 is 4.74 Å². The van der Waals surface area contributed by atoms with Gasteiger partial charge in [-0.3, -0.25) is 5.10 Å². The Hall–Kier alpha value is -2.48. The molecule has 0 saturated carbocycles. The molecule has 22 heavy (non-hydrogen) atoms. The van der Waals surface area contributed by atoms with Crippen LogP contribution in [0.4, 0.5) is 8.78 Å². The second-order valence-corrected chi connectivity index (χ2v) is 6.42. The van der Waals surface area contributed by atoms with Crippen LogP contribution in [0.25, 0.3) is 10.9 Å². The molecule has 1 heterocycles. The van der Waals surface area contributed by atoms with E-state index in [9.17, 15) is 17.2 Å². The molecule has 5 nitrogen and oxygen atoms in total. The van der Waals surface area contributed by atoms with Gasteiger partial charge in [0.05, 0.1) is 16.6 Å². The van der Waals surface area contributed by atoms with Gasteiger partial charge in [-0.2, -0.15) is 13.9 Å². The molecular formula is C14H10F2N2O3S. The van der Waals surface area contributed by atoms with E-state index in [1.165, 1.54) is 12.1 Å². The zero-order chi connectivity index (χ0) is 15.7. The van der Waals surface area contributed by atoms with E-state index in [-0.39, 0.29) is 0 Å². The number of halogens is 2. The minimum atomic E-state index is -4.59. The van der Waals surface area contributed by atoms with Crippen molar-refractivity contribution in [2.24, 2.45) is 0 Å². The molecule has 2 aromatic carbocycles. The lowest BCUT2D eigenvalue weighted by Crippen LogP contribution is -2.11. The van der Waals surface area contributed by atoms with E-state index >= 15 is 0 Å². The summed E-state index contributed by atoms with van der Waals surface area (Å²) in [5.41, 5.74) is 0.786. The first-order valence-electron chi connectivity index (χ1n) is 6.20. The number of rotatable bonds is 4. The average molecular weight is 324 g/mol. The van der Waals surface area contributed by atoms with Crippen LogP contribution >= 0.6 is 0 Å². The molecule has 0 saturated heterocycles. The first kappa shape index (κ1) is 14.5.